The van der Waals surface area contributed by atoms with Crippen LogP contribution in [0.2, 0.25) is 0 Å². The van der Waals surface area contributed by atoms with Gasteiger partial charge in [0.15, 0.2) is 0 Å². The third-order valence-corrected chi connectivity index (χ3v) is 5.89. The van der Waals surface area contributed by atoms with Crippen molar-refractivity contribution in [1.29, 1.82) is 0 Å². The second-order valence-corrected chi connectivity index (χ2v) is 7.96. The molecule has 0 bridgehead atoms. The van der Waals surface area contributed by atoms with Crippen LogP contribution in [0.25, 0.3) is 10.9 Å². The van der Waals surface area contributed by atoms with Crippen molar-refractivity contribution in [2.45, 2.75) is 20.0 Å². The zero-order valence-electron chi connectivity index (χ0n) is 17.8. The van der Waals surface area contributed by atoms with Gasteiger partial charge in [0.25, 0.3) is 5.91 Å². The maximum atomic E-state index is 15.0. The van der Waals surface area contributed by atoms with Gasteiger partial charge in [0.2, 0.25) is 5.43 Å². The standard InChI is InChI=1S/C23H26FN5O2/c1-3-28-15-18(23(31)26-14-16-4-6-25-7-5-16)22(30)17-12-19(24)21(13-20(17)28)29-10-8-27(2)9-11-29/h4-7,12-13,15H,3,8-11,14H2,1-2H3,(H,26,31)/p+1. The molecule has 0 saturated carbocycles. The summed E-state index contributed by atoms with van der Waals surface area (Å²) in [5, 5.41) is 2.99. The fraction of sp³-hybridized carbons (Fsp3) is 0.348. The van der Waals surface area contributed by atoms with E-state index in [0.29, 0.717) is 17.7 Å². The summed E-state index contributed by atoms with van der Waals surface area (Å²) in [7, 11) is 2.13. The topological polar surface area (TPSA) is 71.7 Å². The van der Waals surface area contributed by atoms with E-state index in [1.54, 1.807) is 36.8 Å². The van der Waals surface area contributed by atoms with Crippen LogP contribution >= 0.6 is 0 Å². The minimum atomic E-state index is -0.475. The Morgan fingerprint density at radius 3 is 2.61 bits per heavy atom. The monoisotopic (exact) mass is 424 g/mol. The summed E-state index contributed by atoms with van der Waals surface area (Å²) in [5.74, 6) is -0.904. The molecule has 0 aliphatic carbocycles. The number of aryl methyl sites for hydroxylation is 1. The number of rotatable bonds is 5. The highest BCUT2D eigenvalue weighted by Crippen LogP contribution is 2.25. The number of fused-ring (bicyclic) bond motifs is 1. The number of likely N-dealkylation sites (N-methyl/N-ethyl adjacent to an activating group) is 1. The molecule has 1 amide bonds. The lowest BCUT2D eigenvalue weighted by Gasteiger charge is -2.32. The molecule has 1 saturated heterocycles. The minimum absolute atomic E-state index is 0.0127. The molecule has 1 fully saturated rings. The van der Waals surface area contributed by atoms with Crippen molar-refractivity contribution >= 4 is 22.5 Å². The first kappa shape index (κ1) is 21.0. The van der Waals surface area contributed by atoms with Crippen LogP contribution in [-0.4, -0.2) is 48.7 Å². The Balaban J connectivity index is 1.69. The molecular weight excluding hydrogens is 397 g/mol. The molecule has 0 spiro atoms. The average molecular weight is 425 g/mol. The summed E-state index contributed by atoms with van der Waals surface area (Å²) >= 11 is 0. The number of pyridine rings is 2. The number of nitrogens with one attached hydrogen (secondary N) is 2. The van der Waals surface area contributed by atoms with Crippen molar-refractivity contribution in [1.82, 2.24) is 14.9 Å². The van der Waals surface area contributed by atoms with Crippen molar-refractivity contribution in [3.63, 3.8) is 0 Å². The molecule has 2 N–H and O–H groups in total. The number of benzene rings is 1. The number of anilines is 1. The van der Waals surface area contributed by atoms with Crippen LogP contribution in [0.4, 0.5) is 10.1 Å². The Morgan fingerprint density at radius 2 is 1.94 bits per heavy atom. The lowest BCUT2D eigenvalue weighted by atomic mass is 10.1. The third kappa shape index (κ3) is 4.29. The SMILES string of the molecule is CCn1cc(C(=O)NCc2ccncc2)c(=O)c2cc(F)c(N3CC[NH+](C)CC3)cc21. The van der Waals surface area contributed by atoms with E-state index in [9.17, 15) is 9.59 Å². The van der Waals surface area contributed by atoms with Gasteiger partial charge in [-0.05, 0) is 36.8 Å². The Bertz CT molecular complexity index is 1150. The average Bonchev–Trinajstić information content (AvgIpc) is 2.79. The van der Waals surface area contributed by atoms with E-state index in [1.807, 2.05) is 16.4 Å². The van der Waals surface area contributed by atoms with Gasteiger partial charge >= 0.3 is 0 Å². The summed E-state index contributed by atoms with van der Waals surface area (Å²) in [6, 6.07) is 6.61. The first-order valence-electron chi connectivity index (χ1n) is 10.6. The zero-order chi connectivity index (χ0) is 22.0. The molecule has 4 rings (SSSR count). The quantitative estimate of drug-likeness (QED) is 0.636. The van der Waals surface area contributed by atoms with Gasteiger partial charge in [-0.1, -0.05) is 0 Å². The van der Waals surface area contributed by atoms with Crippen LogP contribution in [0.3, 0.4) is 0 Å². The normalized spacial score (nSPS) is 14.7. The van der Waals surface area contributed by atoms with Gasteiger partial charge in [0, 0.05) is 37.1 Å². The van der Waals surface area contributed by atoms with Crippen molar-refractivity contribution in [2.24, 2.45) is 0 Å². The van der Waals surface area contributed by atoms with Gasteiger partial charge in [-0.25, -0.2) is 4.39 Å². The van der Waals surface area contributed by atoms with E-state index in [-0.39, 0.29) is 17.5 Å². The van der Waals surface area contributed by atoms with Crippen molar-refractivity contribution in [2.75, 3.05) is 38.1 Å². The summed E-state index contributed by atoms with van der Waals surface area (Å²) < 4.78 is 16.9. The van der Waals surface area contributed by atoms with E-state index in [1.165, 1.54) is 11.0 Å². The van der Waals surface area contributed by atoms with E-state index in [4.69, 9.17) is 0 Å². The molecule has 0 unspecified atom stereocenters. The van der Waals surface area contributed by atoms with Gasteiger partial charge in [0.05, 0.1) is 44.4 Å². The Kier molecular flexibility index (Phi) is 5.99. The number of piperazine rings is 1. The largest absolute Gasteiger partial charge is 0.358 e. The predicted octanol–water partition coefficient (Wildman–Crippen LogP) is 0.820. The lowest BCUT2D eigenvalue weighted by molar-refractivity contribution is -0.880. The molecule has 8 heteroatoms. The van der Waals surface area contributed by atoms with E-state index < -0.39 is 17.2 Å². The predicted molar refractivity (Wildman–Crippen MR) is 118 cm³/mol. The number of amides is 1. The highest BCUT2D eigenvalue weighted by atomic mass is 19.1. The lowest BCUT2D eigenvalue weighted by Crippen LogP contribution is -3.12. The summed E-state index contributed by atoms with van der Waals surface area (Å²) in [5.41, 5.74) is 1.58. The molecule has 1 aromatic carbocycles. The molecule has 7 nitrogen and oxygen atoms in total. The van der Waals surface area contributed by atoms with Crippen LogP contribution < -0.4 is 20.5 Å². The summed E-state index contributed by atoms with van der Waals surface area (Å²) in [6.07, 6.45) is 4.86. The van der Waals surface area contributed by atoms with Crippen molar-refractivity contribution in [3.8, 4) is 0 Å². The molecule has 0 radical (unpaired) electrons. The van der Waals surface area contributed by atoms with Crippen molar-refractivity contribution < 1.29 is 14.1 Å². The van der Waals surface area contributed by atoms with E-state index in [0.717, 1.165) is 31.7 Å². The smallest absolute Gasteiger partial charge is 0.257 e. The Morgan fingerprint density at radius 1 is 1.23 bits per heavy atom. The number of hydrogen-bond acceptors (Lipinski definition) is 4. The zero-order valence-corrected chi connectivity index (χ0v) is 17.8. The number of halogens is 1. The number of hydrogen-bond donors (Lipinski definition) is 2. The maximum absolute atomic E-state index is 15.0. The number of carbonyl (C=O) groups excluding carboxylic acids is 1. The molecule has 31 heavy (non-hydrogen) atoms. The molecule has 3 heterocycles. The van der Waals surface area contributed by atoms with E-state index >= 15 is 4.39 Å². The molecule has 3 aromatic rings. The van der Waals surface area contributed by atoms with Crippen molar-refractivity contribution in [3.05, 3.63) is 70.0 Å². The molecule has 1 aliphatic rings. The number of aromatic nitrogens is 2. The maximum Gasteiger partial charge on any atom is 0.257 e. The highest BCUT2D eigenvalue weighted by molar-refractivity contribution is 5.97. The van der Waals surface area contributed by atoms with Gasteiger partial charge in [0.1, 0.15) is 11.4 Å². The van der Waals surface area contributed by atoms with Crippen LogP contribution in [0.1, 0.15) is 22.8 Å². The highest BCUT2D eigenvalue weighted by Gasteiger charge is 2.22. The van der Waals surface area contributed by atoms with Gasteiger partial charge in [-0.15, -0.1) is 0 Å². The summed E-state index contributed by atoms with van der Waals surface area (Å²) in [4.78, 5) is 33.2. The van der Waals surface area contributed by atoms with Crippen LogP contribution in [0, 0.1) is 5.82 Å². The third-order valence-electron chi connectivity index (χ3n) is 5.89. The van der Waals surface area contributed by atoms with Gasteiger partial charge in [-0.3, -0.25) is 14.6 Å². The van der Waals surface area contributed by atoms with Crippen LogP contribution in [0.15, 0.2) is 47.7 Å². The minimum Gasteiger partial charge on any atom is -0.358 e. The molecular formula is C23H27FN5O2+. The second-order valence-electron chi connectivity index (χ2n) is 7.96. The summed E-state index contributed by atoms with van der Waals surface area (Å²) in [6.45, 7) is 6.18. The van der Waals surface area contributed by atoms with Gasteiger partial charge < -0.3 is 19.7 Å². The number of carbonyl (C=O) groups is 1. The fourth-order valence-corrected chi connectivity index (χ4v) is 3.97. The van der Waals surface area contributed by atoms with Crippen LogP contribution in [0.5, 0.6) is 0 Å². The molecule has 2 aromatic heterocycles. The first-order valence-corrected chi connectivity index (χ1v) is 10.6. The Labute approximate surface area is 180 Å². The second kappa shape index (κ2) is 8.85. The molecule has 0 atom stereocenters. The van der Waals surface area contributed by atoms with E-state index in [2.05, 4.69) is 17.3 Å². The fourth-order valence-electron chi connectivity index (χ4n) is 3.97. The Hall–Kier alpha value is -3.26. The molecule has 1 aliphatic heterocycles. The van der Waals surface area contributed by atoms with Crippen LogP contribution in [-0.2, 0) is 13.1 Å². The van der Waals surface area contributed by atoms with Gasteiger partial charge in [-0.2, -0.15) is 0 Å². The number of nitrogens with zero attached hydrogens (tertiary/aromatic N) is 3. The number of quaternary nitrogens is 1. The first-order chi connectivity index (χ1) is 15.0. The molecule has 162 valence electrons.